The molecule has 1 atom stereocenters. The third-order valence-corrected chi connectivity index (χ3v) is 5.64. The van der Waals surface area contributed by atoms with Crippen LogP contribution in [0.1, 0.15) is 19.4 Å². The number of hydrogen-bond donors (Lipinski definition) is 1. The van der Waals surface area contributed by atoms with E-state index in [4.69, 9.17) is 11.6 Å². The summed E-state index contributed by atoms with van der Waals surface area (Å²) in [7, 11) is -3.70. The number of sulfonamides is 1. The zero-order valence-electron chi connectivity index (χ0n) is 13.3. The van der Waals surface area contributed by atoms with Gasteiger partial charge in [0.2, 0.25) is 5.91 Å². The van der Waals surface area contributed by atoms with Gasteiger partial charge in [0, 0.05) is 29.4 Å². The number of hydrogen-bond acceptors (Lipinski definition) is 3. The zero-order chi connectivity index (χ0) is 17.5. The standard InChI is InChI=1S/C17H17ClN2O3S/c1-11-9-13-10-16(7-8-17(13)20(11)12(2)21)24(22,23)19-15-5-3-14(18)4-6-15/h3-8,10-11,19H,9H2,1-2H3/t11-/m1/s1. The lowest BCUT2D eigenvalue weighted by atomic mass is 10.1. The van der Waals surface area contributed by atoms with E-state index in [0.29, 0.717) is 17.1 Å². The molecule has 3 rings (SSSR count). The number of rotatable bonds is 3. The maximum absolute atomic E-state index is 12.6. The van der Waals surface area contributed by atoms with Gasteiger partial charge in [-0.2, -0.15) is 0 Å². The molecule has 24 heavy (non-hydrogen) atoms. The quantitative estimate of drug-likeness (QED) is 0.907. The molecular formula is C17H17ClN2O3S. The van der Waals surface area contributed by atoms with Crippen LogP contribution in [0.5, 0.6) is 0 Å². The highest BCUT2D eigenvalue weighted by Crippen LogP contribution is 2.34. The summed E-state index contributed by atoms with van der Waals surface area (Å²) in [6, 6.07) is 11.3. The zero-order valence-corrected chi connectivity index (χ0v) is 14.9. The van der Waals surface area contributed by atoms with Crippen molar-refractivity contribution in [3.8, 4) is 0 Å². The minimum atomic E-state index is -3.70. The molecule has 1 aliphatic rings. The second-order valence-corrected chi connectivity index (χ2v) is 7.96. The molecule has 1 aliphatic heterocycles. The SMILES string of the molecule is CC(=O)N1c2ccc(S(=O)(=O)Nc3ccc(Cl)cc3)cc2C[C@H]1C. The number of fused-ring (bicyclic) bond motifs is 1. The highest BCUT2D eigenvalue weighted by molar-refractivity contribution is 7.92. The summed E-state index contributed by atoms with van der Waals surface area (Å²) in [4.78, 5) is 13.6. The van der Waals surface area contributed by atoms with Crippen LogP contribution in [0.3, 0.4) is 0 Å². The Labute approximate surface area is 146 Å². The van der Waals surface area contributed by atoms with Crippen LogP contribution in [0, 0.1) is 0 Å². The highest BCUT2D eigenvalue weighted by atomic mass is 35.5. The van der Waals surface area contributed by atoms with Crippen LogP contribution >= 0.6 is 11.6 Å². The summed E-state index contributed by atoms with van der Waals surface area (Å²) >= 11 is 5.81. The van der Waals surface area contributed by atoms with E-state index in [1.165, 1.54) is 13.0 Å². The van der Waals surface area contributed by atoms with Crippen molar-refractivity contribution >= 4 is 38.9 Å². The molecule has 2 aromatic carbocycles. The van der Waals surface area contributed by atoms with Gasteiger partial charge in [0.05, 0.1) is 4.90 Å². The Morgan fingerprint density at radius 1 is 1.21 bits per heavy atom. The summed E-state index contributed by atoms with van der Waals surface area (Å²) in [6.07, 6.45) is 0.638. The lowest BCUT2D eigenvalue weighted by Gasteiger charge is -2.20. The topological polar surface area (TPSA) is 66.5 Å². The Bertz CT molecular complexity index is 895. The van der Waals surface area contributed by atoms with Gasteiger partial charge in [-0.05, 0) is 61.4 Å². The molecule has 7 heteroatoms. The third-order valence-electron chi connectivity index (χ3n) is 4.01. The van der Waals surface area contributed by atoms with E-state index in [-0.39, 0.29) is 16.8 Å². The van der Waals surface area contributed by atoms with E-state index >= 15 is 0 Å². The van der Waals surface area contributed by atoms with Crippen LogP contribution in [0.25, 0.3) is 0 Å². The van der Waals surface area contributed by atoms with Crippen molar-refractivity contribution in [3.05, 3.63) is 53.1 Å². The van der Waals surface area contributed by atoms with Crippen molar-refractivity contribution in [2.45, 2.75) is 31.2 Å². The summed E-state index contributed by atoms with van der Waals surface area (Å²) in [6.45, 7) is 3.46. The van der Waals surface area contributed by atoms with Crippen LogP contribution in [-0.2, 0) is 21.2 Å². The van der Waals surface area contributed by atoms with Crippen molar-refractivity contribution in [1.82, 2.24) is 0 Å². The van der Waals surface area contributed by atoms with Crippen molar-refractivity contribution in [2.24, 2.45) is 0 Å². The minimum absolute atomic E-state index is 0.0275. The molecule has 0 radical (unpaired) electrons. The van der Waals surface area contributed by atoms with E-state index in [1.807, 2.05) is 6.92 Å². The summed E-state index contributed by atoms with van der Waals surface area (Å²) in [5.41, 5.74) is 2.08. The lowest BCUT2D eigenvalue weighted by Crippen LogP contribution is -2.33. The Kier molecular flexibility index (Phi) is 4.27. The number of amides is 1. The van der Waals surface area contributed by atoms with Gasteiger partial charge in [0.1, 0.15) is 0 Å². The molecule has 0 aromatic heterocycles. The number of carbonyl (C=O) groups is 1. The monoisotopic (exact) mass is 364 g/mol. The average Bonchev–Trinajstić information content (AvgIpc) is 2.84. The molecule has 1 heterocycles. The lowest BCUT2D eigenvalue weighted by molar-refractivity contribution is -0.116. The van der Waals surface area contributed by atoms with Gasteiger partial charge in [-0.15, -0.1) is 0 Å². The molecule has 0 bridgehead atoms. The van der Waals surface area contributed by atoms with Crippen molar-refractivity contribution in [2.75, 3.05) is 9.62 Å². The molecule has 0 saturated heterocycles. The Hall–Kier alpha value is -2.05. The smallest absolute Gasteiger partial charge is 0.261 e. The fourth-order valence-electron chi connectivity index (χ4n) is 2.99. The second-order valence-electron chi connectivity index (χ2n) is 5.85. The minimum Gasteiger partial charge on any atom is -0.309 e. The number of anilines is 2. The number of nitrogens with one attached hydrogen (secondary N) is 1. The highest BCUT2D eigenvalue weighted by Gasteiger charge is 2.30. The molecular weight excluding hydrogens is 348 g/mol. The van der Waals surface area contributed by atoms with Crippen molar-refractivity contribution in [3.63, 3.8) is 0 Å². The number of nitrogens with zero attached hydrogens (tertiary/aromatic N) is 1. The summed E-state index contributed by atoms with van der Waals surface area (Å²) in [5.74, 6) is -0.0452. The van der Waals surface area contributed by atoms with Gasteiger partial charge >= 0.3 is 0 Å². The number of benzene rings is 2. The molecule has 1 amide bonds. The van der Waals surface area contributed by atoms with Gasteiger partial charge in [0.15, 0.2) is 0 Å². The predicted octanol–water partition coefficient (Wildman–Crippen LogP) is 3.44. The molecule has 126 valence electrons. The van der Waals surface area contributed by atoms with E-state index in [9.17, 15) is 13.2 Å². The first-order chi connectivity index (χ1) is 11.3. The normalized spacial score (nSPS) is 16.8. The predicted molar refractivity (Wildman–Crippen MR) is 95.0 cm³/mol. The van der Waals surface area contributed by atoms with Crippen molar-refractivity contribution in [1.29, 1.82) is 0 Å². The first-order valence-corrected chi connectivity index (χ1v) is 9.35. The molecule has 5 nitrogen and oxygen atoms in total. The first kappa shape index (κ1) is 16.8. The largest absolute Gasteiger partial charge is 0.309 e. The van der Waals surface area contributed by atoms with E-state index < -0.39 is 10.0 Å². The van der Waals surface area contributed by atoms with E-state index in [2.05, 4.69) is 4.72 Å². The Morgan fingerprint density at radius 2 is 1.88 bits per heavy atom. The van der Waals surface area contributed by atoms with Gasteiger partial charge in [-0.25, -0.2) is 8.42 Å². The average molecular weight is 365 g/mol. The van der Waals surface area contributed by atoms with Gasteiger partial charge < -0.3 is 4.90 Å². The number of halogens is 1. The van der Waals surface area contributed by atoms with Gasteiger partial charge in [-0.3, -0.25) is 9.52 Å². The van der Waals surface area contributed by atoms with Crippen LogP contribution in [0.4, 0.5) is 11.4 Å². The fraction of sp³-hybridized carbons (Fsp3) is 0.235. The van der Waals surface area contributed by atoms with Crippen molar-refractivity contribution < 1.29 is 13.2 Å². The van der Waals surface area contributed by atoms with E-state index in [0.717, 1.165) is 11.3 Å². The third kappa shape index (κ3) is 3.12. The van der Waals surface area contributed by atoms with Crippen LogP contribution < -0.4 is 9.62 Å². The Balaban J connectivity index is 1.92. The molecule has 0 unspecified atom stereocenters. The Morgan fingerprint density at radius 3 is 2.50 bits per heavy atom. The molecule has 0 fully saturated rings. The van der Waals surface area contributed by atoms with Gasteiger partial charge in [-0.1, -0.05) is 11.6 Å². The van der Waals surface area contributed by atoms with Gasteiger partial charge in [0.25, 0.3) is 10.0 Å². The molecule has 2 aromatic rings. The second kappa shape index (κ2) is 6.11. The maximum Gasteiger partial charge on any atom is 0.261 e. The number of carbonyl (C=O) groups excluding carboxylic acids is 1. The molecule has 0 spiro atoms. The molecule has 0 aliphatic carbocycles. The van der Waals surface area contributed by atoms with Crippen LogP contribution in [0.15, 0.2) is 47.4 Å². The van der Waals surface area contributed by atoms with Crippen LogP contribution in [0.2, 0.25) is 5.02 Å². The molecule has 0 saturated carbocycles. The fourth-order valence-corrected chi connectivity index (χ4v) is 4.22. The summed E-state index contributed by atoms with van der Waals surface area (Å²) in [5, 5.41) is 0.536. The summed E-state index contributed by atoms with van der Waals surface area (Å²) < 4.78 is 27.6. The molecule has 1 N–H and O–H groups in total. The van der Waals surface area contributed by atoms with E-state index in [1.54, 1.807) is 41.3 Å². The van der Waals surface area contributed by atoms with Crippen LogP contribution in [-0.4, -0.2) is 20.4 Å². The maximum atomic E-state index is 12.6. The first-order valence-electron chi connectivity index (χ1n) is 7.49.